The minimum absolute atomic E-state index is 0.0873. The molecular weight excluding hydrogens is 315 g/mol. The Morgan fingerprint density at radius 1 is 1.39 bits per heavy atom. The molecule has 23 heavy (non-hydrogen) atoms. The van der Waals surface area contributed by atoms with E-state index in [9.17, 15) is 4.39 Å². The lowest BCUT2D eigenvalue weighted by Crippen LogP contribution is -2.64. The summed E-state index contributed by atoms with van der Waals surface area (Å²) >= 11 is 1.78. The van der Waals surface area contributed by atoms with Crippen LogP contribution >= 0.6 is 11.3 Å². The molecular formula is C17H19FN2O2S. The van der Waals surface area contributed by atoms with Crippen LogP contribution in [-0.4, -0.2) is 41.8 Å². The van der Waals surface area contributed by atoms with Crippen molar-refractivity contribution >= 4 is 11.3 Å². The van der Waals surface area contributed by atoms with E-state index in [2.05, 4.69) is 27.4 Å². The van der Waals surface area contributed by atoms with E-state index in [4.69, 9.17) is 9.47 Å². The van der Waals surface area contributed by atoms with E-state index in [1.54, 1.807) is 23.6 Å². The third kappa shape index (κ3) is 2.98. The molecule has 2 aliphatic heterocycles. The lowest BCUT2D eigenvalue weighted by molar-refractivity contribution is -0.140. The average molecular weight is 334 g/mol. The van der Waals surface area contributed by atoms with Gasteiger partial charge in [0.05, 0.1) is 12.2 Å². The largest absolute Gasteiger partial charge is 0.475 e. The monoisotopic (exact) mass is 334 g/mol. The molecule has 1 atom stereocenters. The van der Waals surface area contributed by atoms with Gasteiger partial charge in [-0.3, -0.25) is 4.90 Å². The van der Waals surface area contributed by atoms with E-state index in [0.29, 0.717) is 12.5 Å². The molecule has 2 fully saturated rings. The lowest BCUT2D eigenvalue weighted by Gasteiger charge is -2.50. The van der Waals surface area contributed by atoms with Gasteiger partial charge in [-0.15, -0.1) is 11.3 Å². The standard InChI is InChI=1S/C17H19FN2O2S/c18-15-4-1-6-19-16(15)21-10-13-5-7-22-17(13)11-20(12-17)9-14-3-2-8-23-14/h1-4,6,8,13H,5,7,9-12H2. The summed E-state index contributed by atoms with van der Waals surface area (Å²) in [6.07, 6.45) is 2.51. The molecule has 4 nitrogen and oxygen atoms in total. The molecule has 0 amide bonds. The maximum absolute atomic E-state index is 13.6. The predicted octanol–water partition coefficient (Wildman–Crippen LogP) is 2.95. The quantitative estimate of drug-likeness (QED) is 0.842. The topological polar surface area (TPSA) is 34.6 Å². The number of nitrogens with zero attached hydrogens (tertiary/aromatic N) is 2. The average Bonchev–Trinajstić information content (AvgIpc) is 3.16. The van der Waals surface area contributed by atoms with Crippen molar-refractivity contribution in [3.8, 4) is 5.88 Å². The fraction of sp³-hybridized carbons (Fsp3) is 0.471. The molecule has 4 heterocycles. The van der Waals surface area contributed by atoms with Crippen LogP contribution in [-0.2, 0) is 11.3 Å². The van der Waals surface area contributed by atoms with Gasteiger partial charge in [-0.25, -0.2) is 9.37 Å². The van der Waals surface area contributed by atoms with E-state index in [1.807, 2.05) is 0 Å². The fourth-order valence-corrected chi connectivity index (χ4v) is 4.22. The van der Waals surface area contributed by atoms with Crippen molar-refractivity contribution in [1.29, 1.82) is 0 Å². The number of aromatic nitrogens is 1. The highest BCUT2D eigenvalue weighted by Crippen LogP contribution is 2.41. The smallest absolute Gasteiger partial charge is 0.250 e. The number of hydrogen-bond acceptors (Lipinski definition) is 5. The molecule has 1 spiro atoms. The van der Waals surface area contributed by atoms with Crippen molar-refractivity contribution in [2.24, 2.45) is 5.92 Å². The zero-order valence-electron chi connectivity index (χ0n) is 12.8. The first-order valence-electron chi connectivity index (χ1n) is 7.87. The van der Waals surface area contributed by atoms with Crippen LogP contribution in [0.2, 0.25) is 0 Å². The minimum Gasteiger partial charge on any atom is -0.475 e. The molecule has 2 aliphatic rings. The van der Waals surface area contributed by atoms with Crippen LogP contribution in [0.25, 0.3) is 0 Å². The van der Waals surface area contributed by atoms with Crippen LogP contribution in [0, 0.1) is 11.7 Å². The summed E-state index contributed by atoms with van der Waals surface area (Å²) < 4.78 is 25.2. The highest BCUT2D eigenvalue weighted by atomic mass is 32.1. The van der Waals surface area contributed by atoms with Gasteiger partial charge in [-0.2, -0.15) is 0 Å². The molecule has 0 N–H and O–H groups in total. The summed E-state index contributed by atoms with van der Waals surface area (Å²) in [5.41, 5.74) is -0.123. The number of hydrogen-bond donors (Lipinski definition) is 0. The van der Waals surface area contributed by atoms with Gasteiger partial charge in [0.15, 0.2) is 5.82 Å². The number of ether oxygens (including phenoxy) is 2. The number of thiophene rings is 1. The Hall–Kier alpha value is -1.50. The van der Waals surface area contributed by atoms with Crippen molar-refractivity contribution in [3.63, 3.8) is 0 Å². The molecule has 0 radical (unpaired) electrons. The van der Waals surface area contributed by atoms with Crippen molar-refractivity contribution in [2.75, 3.05) is 26.3 Å². The predicted molar refractivity (Wildman–Crippen MR) is 86.1 cm³/mol. The molecule has 0 aliphatic carbocycles. The van der Waals surface area contributed by atoms with Crippen molar-refractivity contribution < 1.29 is 13.9 Å². The van der Waals surface area contributed by atoms with Gasteiger partial charge in [0.1, 0.15) is 0 Å². The molecule has 6 heteroatoms. The maximum atomic E-state index is 13.6. The van der Waals surface area contributed by atoms with Gasteiger partial charge in [0.25, 0.3) is 0 Å². The van der Waals surface area contributed by atoms with E-state index in [1.165, 1.54) is 10.9 Å². The van der Waals surface area contributed by atoms with E-state index in [0.717, 1.165) is 32.7 Å². The second kappa shape index (κ2) is 6.19. The molecule has 2 saturated heterocycles. The number of halogens is 1. The normalized spacial score (nSPS) is 23.1. The minimum atomic E-state index is -0.409. The first kappa shape index (κ1) is 15.1. The zero-order chi connectivity index (χ0) is 15.7. The van der Waals surface area contributed by atoms with Crippen LogP contribution in [0.3, 0.4) is 0 Å². The summed E-state index contributed by atoms with van der Waals surface area (Å²) in [5.74, 6) is -0.0267. The number of rotatable bonds is 5. The molecule has 0 bridgehead atoms. The van der Waals surface area contributed by atoms with Crippen LogP contribution in [0.4, 0.5) is 4.39 Å². The van der Waals surface area contributed by atoms with Crippen LogP contribution in [0.5, 0.6) is 5.88 Å². The number of likely N-dealkylation sites (tertiary alicyclic amines) is 1. The lowest BCUT2D eigenvalue weighted by atomic mass is 9.81. The van der Waals surface area contributed by atoms with Gasteiger partial charge >= 0.3 is 0 Å². The third-order valence-electron chi connectivity index (χ3n) is 4.69. The summed E-state index contributed by atoms with van der Waals surface area (Å²) in [6.45, 7) is 4.03. The summed E-state index contributed by atoms with van der Waals surface area (Å²) in [5, 5.41) is 2.11. The zero-order valence-corrected chi connectivity index (χ0v) is 13.6. The molecule has 2 aromatic heterocycles. The molecule has 2 aromatic rings. The Labute approximate surface area is 138 Å². The fourth-order valence-electron chi connectivity index (χ4n) is 3.47. The first-order valence-corrected chi connectivity index (χ1v) is 8.75. The Balaban J connectivity index is 1.34. The number of pyridine rings is 1. The Morgan fingerprint density at radius 2 is 2.30 bits per heavy atom. The maximum Gasteiger partial charge on any atom is 0.250 e. The summed E-state index contributed by atoms with van der Waals surface area (Å²) in [6, 6.07) is 7.18. The van der Waals surface area contributed by atoms with E-state index < -0.39 is 5.82 Å². The molecule has 122 valence electrons. The van der Waals surface area contributed by atoms with Crippen LogP contribution < -0.4 is 4.74 Å². The molecule has 0 aromatic carbocycles. The molecule has 4 rings (SSSR count). The second-order valence-corrected chi connectivity index (χ2v) is 7.26. The first-order chi connectivity index (χ1) is 11.3. The van der Waals surface area contributed by atoms with Gasteiger partial charge in [-0.1, -0.05) is 6.07 Å². The van der Waals surface area contributed by atoms with E-state index >= 15 is 0 Å². The van der Waals surface area contributed by atoms with Crippen LogP contribution in [0.15, 0.2) is 35.8 Å². The van der Waals surface area contributed by atoms with Gasteiger partial charge in [0, 0.05) is 43.2 Å². The second-order valence-electron chi connectivity index (χ2n) is 6.22. The van der Waals surface area contributed by atoms with Crippen molar-refractivity contribution in [1.82, 2.24) is 9.88 Å². The van der Waals surface area contributed by atoms with Crippen molar-refractivity contribution in [2.45, 2.75) is 18.6 Å². The van der Waals surface area contributed by atoms with Crippen molar-refractivity contribution in [3.05, 3.63) is 46.5 Å². The summed E-state index contributed by atoms with van der Waals surface area (Å²) in [4.78, 5) is 7.72. The Kier molecular flexibility index (Phi) is 4.05. The third-order valence-corrected chi connectivity index (χ3v) is 5.55. The van der Waals surface area contributed by atoms with E-state index in [-0.39, 0.29) is 11.5 Å². The highest BCUT2D eigenvalue weighted by molar-refractivity contribution is 7.09. The Morgan fingerprint density at radius 3 is 3.09 bits per heavy atom. The SMILES string of the molecule is Fc1cccnc1OCC1CCOC12CN(Cc1cccs1)C2. The molecule has 0 saturated carbocycles. The molecule has 1 unspecified atom stereocenters. The Bertz CT molecular complexity index is 658. The summed E-state index contributed by atoms with van der Waals surface area (Å²) in [7, 11) is 0. The van der Waals surface area contributed by atoms with Gasteiger partial charge in [0.2, 0.25) is 5.88 Å². The highest BCUT2D eigenvalue weighted by Gasteiger charge is 2.53. The van der Waals surface area contributed by atoms with Crippen LogP contribution in [0.1, 0.15) is 11.3 Å². The van der Waals surface area contributed by atoms with Gasteiger partial charge in [-0.05, 0) is 30.0 Å². The van der Waals surface area contributed by atoms with Gasteiger partial charge < -0.3 is 9.47 Å².